The molecule has 0 aromatic carbocycles. The van der Waals surface area contributed by atoms with Gasteiger partial charge in [-0.3, -0.25) is 4.79 Å². The Kier molecular flexibility index (Phi) is 3.75. The quantitative estimate of drug-likeness (QED) is 0.784. The maximum Gasteiger partial charge on any atom is 0.326 e. The van der Waals surface area contributed by atoms with E-state index in [1.165, 1.54) is 0 Å². The molecule has 2 aliphatic rings. The Morgan fingerprint density at radius 3 is 2.32 bits per heavy atom. The molecule has 0 aromatic rings. The Labute approximate surface area is 109 Å². The molecule has 0 aromatic heterocycles. The second-order valence-corrected chi connectivity index (χ2v) is 5.36. The van der Waals surface area contributed by atoms with Crippen LogP contribution in [0.2, 0.25) is 0 Å². The molecule has 0 spiro atoms. The molecule has 2 fully saturated rings. The first-order valence-electron chi connectivity index (χ1n) is 6.39. The lowest BCUT2D eigenvalue weighted by molar-refractivity contribution is -0.151. The number of carbonyl (C=O) groups excluding carboxylic acids is 1. The lowest BCUT2D eigenvalue weighted by atomic mass is 9.86. The van der Waals surface area contributed by atoms with Gasteiger partial charge in [0.15, 0.2) is 0 Å². The van der Waals surface area contributed by atoms with Gasteiger partial charge in [0.1, 0.15) is 6.04 Å². The SMILES string of the molecule is O=C(O)[C@@H]1CC(O)CN1C(=O)C1CCC(F)(F)CC1. The third kappa shape index (κ3) is 3.02. The summed E-state index contributed by atoms with van der Waals surface area (Å²) in [4.78, 5) is 24.3. The fraction of sp³-hybridized carbons (Fsp3) is 0.833. The normalized spacial score (nSPS) is 31.4. The number of amides is 1. The topological polar surface area (TPSA) is 77.8 Å². The Morgan fingerprint density at radius 1 is 1.21 bits per heavy atom. The first kappa shape index (κ1) is 14.2. The van der Waals surface area contributed by atoms with Crippen molar-refractivity contribution in [2.75, 3.05) is 6.54 Å². The molecule has 1 unspecified atom stereocenters. The van der Waals surface area contributed by atoms with Crippen LogP contribution in [-0.2, 0) is 9.59 Å². The Bertz CT molecular complexity index is 378. The smallest absolute Gasteiger partial charge is 0.326 e. The molecule has 5 nitrogen and oxygen atoms in total. The van der Waals surface area contributed by atoms with Gasteiger partial charge in [-0.1, -0.05) is 0 Å². The van der Waals surface area contributed by atoms with E-state index in [9.17, 15) is 23.5 Å². The highest BCUT2D eigenvalue weighted by Gasteiger charge is 2.44. The van der Waals surface area contributed by atoms with E-state index in [2.05, 4.69) is 0 Å². The van der Waals surface area contributed by atoms with E-state index in [4.69, 9.17) is 5.11 Å². The molecule has 1 amide bonds. The predicted molar refractivity (Wildman–Crippen MR) is 60.7 cm³/mol. The lowest BCUT2D eigenvalue weighted by Crippen LogP contribution is -2.45. The zero-order valence-electron chi connectivity index (χ0n) is 10.4. The summed E-state index contributed by atoms with van der Waals surface area (Å²) in [5, 5.41) is 18.5. The molecule has 0 radical (unpaired) electrons. The van der Waals surface area contributed by atoms with Gasteiger partial charge >= 0.3 is 5.97 Å². The number of aliphatic hydroxyl groups is 1. The number of rotatable bonds is 2. The van der Waals surface area contributed by atoms with Crippen LogP contribution in [0.5, 0.6) is 0 Å². The van der Waals surface area contributed by atoms with Crippen molar-refractivity contribution in [3.8, 4) is 0 Å². The molecule has 2 rings (SSSR count). The number of β-amino-alcohol motifs (C(OH)–C–C–N with tert-alkyl or cyclic N) is 1. The van der Waals surface area contributed by atoms with Gasteiger partial charge < -0.3 is 15.1 Å². The fourth-order valence-corrected chi connectivity index (χ4v) is 2.81. The number of hydrogen-bond donors (Lipinski definition) is 2. The van der Waals surface area contributed by atoms with Gasteiger partial charge in [-0.05, 0) is 12.8 Å². The van der Waals surface area contributed by atoms with Crippen molar-refractivity contribution < 1.29 is 28.6 Å². The number of aliphatic hydroxyl groups excluding tert-OH is 1. The second kappa shape index (κ2) is 5.03. The summed E-state index contributed by atoms with van der Waals surface area (Å²) in [5.41, 5.74) is 0. The number of likely N-dealkylation sites (tertiary alicyclic amines) is 1. The van der Waals surface area contributed by atoms with E-state index < -0.39 is 35.9 Å². The van der Waals surface area contributed by atoms with E-state index in [0.717, 1.165) is 4.90 Å². The third-order valence-electron chi connectivity index (χ3n) is 3.91. The van der Waals surface area contributed by atoms with Gasteiger partial charge in [-0.2, -0.15) is 0 Å². The van der Waals surface area contributed by atoms with Crippen molar-refractivity contribution in [1.82, 2.24) is 4.90 Å². The minimum Gasteiger partial charge on any atom is -0.480 e. The van der Waals surface area contributed by atoms with Crippen LogP contribution in [0.15, 0.2) is 0 Å². The number of hydrogen-bond acceptors (Lipinski definition) is 3. The van der Waals surface area contributed by atoms with Gasteiger partial charge in [-0.25, -0.2) is 13.6 Å². The first-order valence-corrected chi connectivity index (χ1v) is 6.39. The van der Waals surface area contributed by atoms with Crippen molar-refractivity contribution in [3.05, 3.63) is 0 Å². The van der Waals surface area contributed by atoms with Crippen LogP contribution in [0.1, 0.15) is 32.1 Å². The Morgan fingerprint density at radius 2 is 1.79 bits per heavy atom. The highest BCUT2D eigenvalue weighted by atomic mass is 19.3. The van der Waals surface area contributed by atoms with E-state index in [1.54, 1.807) is 0 Å². The van der Waals surface area contributed by atoms with Crippen LogP contribution in [0.25, 0.3) is 0 Å². The Balaban J connectivity index is 2.01. The molecule has 1 heterocycles. The van der Waals surface area contributed by atoms with Gasteiger partial charge in [0, 0.05) is 31.7 Å². The van der Waals surface area contributed by atoms with E-state index in [-0.39, 0.29) is 38.6 Å². The molecular weight excluding hydrogens is 260 g/mol. The molecule has 1 aliphatic carbocycles. The molecule has 2 N–H and O–H groups in total. The van der Waals surface area contributed by atoms with Gasteiger partial charge in [0.2, 0.25) is 11.8 Å². The highest BCUT2D eigenvalue weighted by Crippen LogP contribution is 2.37. The van der Waals surface area contributed by atoms with Crippen molar-refractivity contribution in [2.24, 2.45) is 5.92 Å². The summed E-state index contributed by atoms with van der Waals surface area (Å²) in [5.74, 6) is -4.84. The second-order valence-electron chi connectivity index (χ2n) is 5.36. The molecule has 1 aliphatic heterocycles. The zero-order chi connectivity index (χ0) is 14.2. The molecule has 0 bridgehead atoms. The molecular formula is C12H17F2NO4. The van der Waals surface area contributed by atoms with E-state index >= 15 is 0 Å². The highest BCUT2D eigenvalue weighted by molar-refractivity contribution is 5.86. The van der Waals surface area contributed by atoms with Crippen LogP contribution in [-0.4, -0.2) is 51.6 Å². The number of halogens is 2. The maximum atomic E-state index is 13.0. The molecule has 2 atom stereocenters. The molecule has 1 saturated heterocycles. The van der Waals surface area contributed by atoms with Crippen LogP contribution in [0, 0.1) is 5.92 Å². The summed E-state index contributed by atoms with van der Waals surface area (Å²) in [6.07, 6.45) is -1.37. The van der Waals surface area contributed by atoms with Crippen LogP contribution < -0.4 is 0 Å². The van der Waals surface area contributed by atoms with E-state index in [0.29, 0.717) is 0 Å². The van der Waals surface area contributed by atoms with Crippen LogP contribution in [0.4, 0.5) is 8.78 Å². The maximum absolute atomic E-state index is 13.0. The summed E-state index contributed by atoms with van der Waals surface area (Å²) < 4.78 is 26.1. The number of aliphatic carboxylic acids is 1. The van der Waals surface area contributed by atoms with Gasteiger partial charge in [0.05, 0.1) is 6.10 Å². The minimum absolute atomic E-state index is 0.00392. The fourth-order valence-electron chi connectivity index (χ4n) is 2.81. The zero-order valence-corrected chi connectivity index (χ0v) is 10.4. The summed E-state index contributed by atoms with van der Waals surface area (Å²) in [7, 11) is 0. The van der Waals surface area contributed by atoms with Crippen molar-refractivity contribution in [3.63, 3.8) is 0 Å². The average Bonchev–Trinajstić information content (AvgIpc) is 2.70. The molecule has 1 saturated carbocycles. The van der Waals surface area contributed by atoms with Crippen molar-refractivity contribution >= 4 is 11.9 Å². The summed E-state index contributed by atoms with van der Waals surface area (Å²) in [6, 6.07) is -1.04. The largest absolute Gasteiger partial charge is 0.480 e. The standard InChI is InChI=1S/C12H17F2NO4/c13-12(14)3-1-7(2-4-12)10(17)15-6-8(16)5-9(15)11(18)19/h7-9,16H,1-6H2,(H,18,19)/t8?,9-/m0/s1. The van der Waals surface area contributed by atoms with Gasteiger partial charge in [0.25, 0.3) is 0 Å². The number of carbonyl (C=O) groups is 2. The summed E-state index contributed by atoms with van der Waals surface area (Å²) in [6.45, 7) is -0.0251. The van der Waals surface area contributed by atoms with Crippen molar-refractivity contribution in [1.29, 1.82) is 0 Å². The molecule has 7 heteroatoms. The average molecular weight is 277 g/mol. The molecule has 108 valence electrons. The Hall–Kier alpha value is -1.24. The van der Waals surface area contributed by atoms with Crippen molar-refractivity contribution in [2.45, 2.75) is 50.2 Å². The predicted octanol–water partition coefficient (Wildman–Crippen LogP) is 0.858. The third-order valence-corrected chi connectivity index (χ3v) is 3.91. The minimum atomic E-state index is -2.71. The van der Waals surface area contributed by atoms with Gasteiger partial charge in [-0.15, -0.1) is 0 Å². The monoisotopic (exact) mass is 277 g/mol. The van der Waals surface area contributed by atoms with Crippen LogP contribution >= 0.6 is 0 Å². The first-order chi connectivity index (χ1) is 8.80. The number of alkyl halides is 2. The van der Waals surface area contributed by atoms with Crippen LogP contribution in [0.3, 0.4) is 0 Å². The number of carboxylic acid groups (broad SMARTS) is 1. The molecule has 19 heavy (non-hydrogen) atoms. The number of nitrogens with zero attached hydrogens (tertiary/aromatic N) is 1. The lowest BCUT2D eigenvalue weighted by Gasteiger charge is -2.31. The number of carboxylic acids is 1. The van der Waals surface area contributed by atoms with E-state index in [1.807, 2.05) is 0 Å². The summed E-state index contributed by atoms with van der Waals surface area (Å²) >= 11 is 0.